The summed E-state index contributed by atoms with van der Waals surface area (Å²) in [6.07, 6.45) is 3.39. The zero-order valence-corrected chi connectivity index (χ0v) is 18.3. The number of nitrogens with zero attached hydrogens (tertiary/aromatic N) is 3. The predicted molar refractivity (Wildman–Crippen MR) is 119 cm³/mol. The lowest BCUT2D eigenvalue weighted by Gasteiger charge is -2.30. The first kappa shape index (κ1) is 21.0. The molecule has 1 aromatic carbocycles. The fraction of sp³-hybridized carbons (Fsp3) is 0.409. The minimum Gasteiger partial charge on any atom is -0.355 e. The van der Waals surface area contributed by atoms with Crippen molar-refractivity contribution in [3.05, 3.63) is 57.6 Å². The van der Waals surface area contributed by atoms with Gasteiger partial charge in [-0.2, -0.15) is 4.98 Å². The molecule has 0 aliphatic carbocycles. The monoisotopic (exact) mass is 444 g/mol. The molecule has 1 amide bonds. The van der Waals surface area contributed by atoms with Crippen LogP contribution in [0.1, 0.15) is 23.6 Å². The largest absolute Gasteiger partial charge is 0.355 e. The summed E-state index contributed by atoms with van der Waals surface area (Å²) < 4.78 is 5.39. The molecule has 0 radical (unpaired) electrons. The zero-order valence-electron chi connectivity index (χ0n) is 16.7. The maximum atomic E-state index is 12.4. The lowest BCUT2D eigenvalue weighted by molar-refractivity contribution is -0.126. The number of benzene rings is 1. The third kappa shape index (κ3) is 5.68. The molecule has 4 rings (SSSR count). The zero-order chi connectivity index (χ0) is 20.8. The molecule has 2 aromatic heterocycles. The number of amides is 1. The van der Waals surface area contributed by atoms with Crippen molar-refractivity contribution in [3.63, 3.8) is 0 Å². The normalized spacial score (nSPS) is 15.4. The molecule has 1 aliphatic rings. The van der Waals surface area contributed by atoms with Crippen molar-refractivity contribution in [2.75, 3.05) is 26.2 Å². The third-order valence-electron chi connectivity index (χ3n) is 5.40. The molecular formula is C22H25ClN4O2S. The summed E-state index contributed by atoms with van der Waals surface area (Å²) >= 11 is 7.76. The number of carbonyl (C=O) groups is 1. The lowest BCUT2D eigenvalue weighted by atomic mass is 9.96. The van der Waals surface area contributed by atoms with E-state index in [2.05, 4.69) is 31.8 Å². The standard InChI is InChI=1S/C22H25ClN4O2S/c23-18-4-1-3-17(15-18)21-25-20(29-26-21)9-13-27-11-7-16(8-12-27)22(28)24-10-6-19-5-2-14-30-19/h1-5,14-16H,6-13H2,(H,24,28). The molecule has 6 nitrogen and oxygen atoms in total. The van der Waals surface area contributed by atoms with Gasteiger partial charge in [-0.1, -0.05) is 35.0 Å². The minimum absolute atomic E-state index is 0.113. The van der Waals surface area contributed by atoms with E-state index in [-0.39, 0.29) is 11.8 Å². The highest BCUT2D eigenvalue weighted by atomic mass is 35.5. The van der Waals surface area contributed by atoms with Gasteiger partial charge in [-0.05, 0) is 55.9 Å². The van der Waals surface area contributed by atoms with Crippen molar-refractivity contribution in [1.82, 2.24) is 20.4 Å². The lowest BCUT2D eigenvalue weighted by Crippen LogP contribution is -2.41. The van der Waals surface area contributed by atoms with Crippen LogP contribution in [0.25, 0.3) is 11.4 Å². The molecule has 3 heterocycles. The summed E-state index contributed by atoms with van der Waals surface area (Å²) in [6.45, 7) is 3.40. The number of thiophene rings is 1. The van der Waals surface area contributed by atoms with Crippen LogP contribution in [0.4, 0.5) is 0 Å². The highest BCUT2D eigenvalue weighted by molar-refractivity contribution is 7.09. The smallest absolute Gasteiger partial charge is 0.228 e. The van der Waals surface area contributed by atoms with Crippen LogP contribution in [0.5, 0.6) is 0 Å². The fourth-order valence-corrected chi connectivity index (χ4v) is 4.58. The number of nitrogens with one attached hydrogen (secondary N) is 1. The molecule has 1 N–H and O–H groups in total. The van der Waals surface area contributed by atoms with E-state index in [4.69, 9.17) is 16.1 Å². The van der Waals surface area contributed by atoms with Crippen molar-refractivity contribution in [3.8, 4) is 11.4 Å². The molecule has 0 bridgehead atoms. The molecule has 30 heavy (non-hydrogen) atoms. The van der Waals surface area contributed by atoms with Gasteiger partial charge >= 0.3 is 0 Å². The van der Waals surface area contributed by atoms with Crippen LogP contribution in [0.2, 0.25) is 5.02 Å². The number of hydrogen-bond acceptors (Lipinski definition) is 6. The van der Waals surface area contributed by atoms with Crippen molar-refractivity contribution in [2.24, 2.45) is 5.92 Å². The summed E-state index contributed by atoms with van der Waals surface area (Å²) in [4.78, 5) is 20.6. The van der Waals surface area contributed by atoms with Crippen LogP contribution in [0.3, 0.4) is 0 Å². The predicted octanol–water partition coefficient (Wildman–Crippen LogP) is 4.06. The van der Waals surface area contributed by atoms with E-state index in [0.29, 0.717) is 29.7 Å². The van der Waals surface area contributed by atoms with Crippen LogP contribution in [0.15, 0.2) is 46.3 Å². The summed E-state index contributed by atoms with van der Waals surface area (Å²) in [5, 5.41) is 9.87. The Morgan fingerprint density at radius 1 is 1.23 bits per heavy atom. The summed E-state index contributed by atoms with van der Waals surface area (Å²) in [5.74, 6) is 1.49. The molecule has 158 valence electrons. The number of likely N-dealkylation sites (tertiary alicyclic amines) is 1. The van der Waals surface area contributed by atoms with Crippen LogP contribution in [-0.2, 0) is 17.6 Å². The van der Waals surface area contributed by atoms with Gasteiger partial charge in [0.1, 0.15) is 0 Å². The van der Waals surface area contributed by atoms with Gasteiger partial charge in [0.05, 0.1) is 0 Å². The Labute approximate surface area is 185 Å². The molecule has 1 aliphatic heterocycles. The van der Waals surface area contributed by atoms with Gasteiger partial charge in [0, 0.05) is 40.9 Å². The van der Waals surface area contributed by atoms with Gasteiger partial charge in [0.15, 0.2) is 0 Å². The Morgan fingerprint density at radius 3 is 2.87 bits per heavy atom. The molecule has 0 saturated carbocycles. The Hall–Kier alpha value is -2.22. The Morgan fingerprint density at radius 2 is 2.10 bits per heavy atom. The maximum Gasteiger partial charge on any atom is 0.228 e. The number of hydrogen-bond donors (Lipinski definition) is 1. The second kappa shape index (κ2) is 10.2. The molecular weight excluding hydrogens is 420 g/mol. The van der Waals surface area contributed by atoms with Crippen LogP contribution >= 0.6 is 22.9 Å². The van der Waals surface area contributed by atoms with E-state index in [9.17, 15) is 4.79 Å². The summed E-state index contributed by atoms with van der Waals surface area (Å²) in [5.41, 5.74) is 0.850. The van der Waals surface area contributed by atoms with Crippen molar-refractivity contribution >= 4 is 28.8 Å². The van der Waals surface area contributed by atoms with E-state index in [1.807, 2.05) is 30.3 Å². The van der Waals surface area contributed by atoms with Crippen molar-refractivity contribution in [2.45, 2.75) is 25.7 Å². The van der Waals surface area contributed by atoms with E-state index in [1.54, 1.807) is 11.3 Å². The van der Waals surface area contributed by atoms with E-state index >= 15 is 0 Å². The van der Waals surface area contributed by atoms with E-state index in [1.165, 1.54) is 4.88 Å². The first-order chi connectivity index (χ1) is 14.7. The number of carbonyl (C=O) groups excluding carboxylic acids is 1. The molecule has 1 saturated heterocycles. The average Bonchev–Trinajstić information content (AvgIpc) is 3.45. The van der Waals surface area contributed by atoms with Crippen LogP contribution in [0, 0.1) is 5.92 Å². The highest BCUT2D eigenvalue weighted by Crippen LogP contribution is 2.21. The molecule has 0 unspecified atom stereocenters. The Bertz CT molecular complexity index is 952. The summed E-state index contributed by atoms with van der Waals surface area (Å²) in [7, 11) is 0. The van der Waals surface area contributed by atoms with Crippen LogP contribution in [-0.4, -0.2) is 47.1 Å². The van der Waals surface area contributed by atoms with Gasteiger partial charge < -0.3 is 14.7 Å². The first-order valence-corrected chi connectivity index (χ1v) is 11.5. The molecule has 0 atom stereocenters. The van der Waals surface area contributed by atoms with Gasteiger partial charge in [0.25, 0.3) is 0 Å². The Balaban J connectivity index is 1.17. The van der Waals surface area contributed by atoms with Crippen molar-refractivity contribution in [1.29, 1.82) is 0 Å². The molecule has 3 aromatic rings. The van der Waals surface area contributed by atoms with Gasteiger partial charge in [-0.25, -0.2) is 0 Å². The topological polar surface area (TPSA) is 71.3 Å². The average molecular weight is 445 g/mol. The Kier molecular flexibility index (Phi) is 7.15. The number of halogens is 1. The van der Waals surface area contributed by atoms with Gasteiger partial charge in [-0.3, -0.25) is 4.79 Å². The summed E-state index contributed by atoms with van der Waals surface area (Å²) in [6, 6.07) is 11.6. The second-order valence-electron chi connectivity index (χ2n) is 7.51. The van der Waals surface area contributed by atoms with E-state index in [0.717, 1.165) is 44.5 Å². The quantitative estimate of drug-likeness (QED) is 0.567. The highest BCUT2D eigenvalue weighted by Gasteiger charge is 2.25. The number of aromatic nitrogens is 2. The second-order valence-corrected chi connectivity index (χ2v) is 8.98. The van der Waals surface area contributed by atoms with Gasteiger partial charge in [0.2, 0.25) is 17.6 Å². The first-order valence-electron chi connectivity index (χ1n) is 10.3. The molecule has 0 spiro atoms. The fourth-order valence-electron chi connectivity index (χ4n) is 3.68. The maximum absolute atomic E-state index is 12.4. The minimum atomic E-state index is 0.113. The molecule has 1 fully saturated rings. The molecule has 8 heteroatoms. The number of piperidine rings is 1. The third-order valence-corrected chi connectivity index (χ3v) is 6.57. The SMILES string of the molecule is O=C(NCCc1cccs1)C1CCN(CCc2nc(-c3cccc(Cl)c3)no2)CC1. The van der Waals surface area contributed by atoms with E-state index < -0.39 is 0 Å². The number of rotatable bonds is 8. The van der Waals surface area contributed by atoms with Crippen LogP contribution < -0.4 is 5.32 Å². The van der Waals surface area contributed by atoms with Gasteiger partial charge in [-0.15, -0.1) is 11.3 Å². The van der Waals surface area contributed by atoms with Crippen molar-refractivity contribution < 1.29 is 9.32 Å².